The number of carbonyl (C=O) groups is 1. The van der Waals surface area contributed by atoms with Gasteiger partial charge in [0.2, 0.25) is 5.91 Å². The smallest absolute Gasteiger partial charge is 0.332 e. The van der Waals surface area contributed by atoms with Crippen LogP contribution in [0.25, 0.3) is 28.6 Å². The molecule has 1 amide bonds. The summed E-state index contributed by atoms with van der Waals surface area (Å²) in [5, 5.41) is 2.94. The largest absolute Gasteiger partial charge is 0.351 e. The average Bonchev–Trinajstić information content (AvgIpc) is 3.49. The maximum absolute atomic E-state index is 13.8. The summed E-state index contributed by atoms with van der Waals surface area (Å²) < 4.78 is 3.25. The van der Waals surface area contributed by atoms with Gasteiger partial charge in [-0.15, -0.1) is 0 Å². The molecule has 2 N–H and O–H groups in total. The van der Waals surface area contributed by atoms with Gasteiger partial charge in [0.05, 0.1) is 0 Å². The van der Waals surface area contributed by atoms with Crippen molar-refractivity contribution in [3.05, 3.63) is 56.7 Å². The quantitative estimate of drug-likeness (QED) is 0.284. The molecular formula is C34H48N6O3. The van der Waals surface area contributed by atoms with Crippen LogP contribution in [0.15, 0.2) is 39.9 Å². The molecule has 9 heteroatoms. The number of amides is 1. The summed E-state index contributed by atoms with van der Waals surface area (Å²) in [4.78, 5) is 50.2. The predicted molar refractivity (Wildman–Crippen MR) is 173 cm³/mol. The van der Waals surface area contributed by atoms with Crippen LogP contribution in [0.3, 0.4) is 0 Å². The van der Waals surface area contributed by atoms with E-state index in [0.717, 1.165) is 56.4 Å². The first-order valence-electron chi connectivity index (χ1n) is 16.5. The van der Waals surface area contributed by atoms with Crippen LogP contribution in [0.1, 0.15) is 83.6 Å². The van der Waals surface area contributed by atoms with Crippen LogP contribution in [-0.2, 0) is 17.9 Å². The highest BCUT2D eigenvalue weighted by Crippen LogP contribution is 2.27. The number of likely N-dealkylation sites (N-methyl/N-ethyl adjacent to an activating group) is 1. The molecule has 0 bridgehead atoms. The molecule has 9 nitrogen and oxygen atoms in total. The molecular weight excluding hydrogens is 540 g/mol. The van der Waals surface area contributed by atoms with Crippen LogP contribution < -0.4 is 16.6 Å². The summed E-state index contributed by atoms with van der Waals surface area (Å²) in [5.41, 5.74) is 2.10. The number of hydrogen-bond acceptors (Lipinski definition) is 5. The monoisotopic (exact) mass is 588 g/mol. The van der Waals surface area contributed by atoms with Crippen LogP contribution in [-0.4, -0.2) is 56.1 Å². The minimum Gasteiger partial charge on any atom is -0.351 e. The van der Waals surface area contributed by atoms with Gasteiger partial charge in [-0.3, -0.25) is 18.7 Å². The second-order valence-electron chi connectivity index (χ2n) is 12.4. The molecule has 3 aromatic rings. The van der Waals surface area contributed by atoms with Crippen molar-refractivity contribution in [3.63, 3.8) is 0 Å². The number of hydrogen-bond donors (Lipinski definition) is 2. The molecule has 1 aromatic carbocycles. The van der Waals surface area contributed by atoms with E-state index in [-0.39, 0.29) is 17.2 Å². The molecule has 0 unspecified atom stereocenters. The van der Waals surface area contributed by atoms with E-state index in [1.54, 1.807) is 16.7 Å². The second-order valence-corrected chi connectivity index (χ2v) is 12.4. The molecule has 232 valence electrons. The molecule has 2 saturated carbocycles. The van der Waals surface area contributed by atoms with Gasteiger partial charge in [0, 0.05) is 37.8 Å². The lowest BCUT2D eigenvalue weighted by Crippen LogP contribution is -2.42. The number of fused-ring (bicyclic) bond motifs is 1. The molecule has 0 spiro atoms. The van der Waals surface area contributed by atoms with Crippen LogP contribution in [0.5, 0.6) is 0 Å². The Morgan fingerprint density at radius 1 is 0.930 bits per heavy atom. The summed E-state index contributed by atoms with van der Waals surface area (Å²) in [5.74, 6) is 1.25. The van der Waals surface area contributed by atoms with Gasteiger partial charge in [-0.2, -0.15) is 0 Å². The van der Waals surface area contributed by atoms with Gasteiger partial charge in [0.25, 0.3) is 5.56 Å². The van der Waals surface area contributed by atoms with E-state index in [0.29, 0.717) is 48.5 Å². The predicted octanol–water partition coefficient (Wildman–Crippen LogP) is 5.19. The first-order chi connectivity index (χ1) is 21.0. The number of rotatable bonds is 12. The maximum Gasteiger partial charge on any atom is 0.332 e. The third-order valence-corrected chi connectivity index (χ3v) is 9.43. The Hall–Kier alpha value is -3.46. The van der Waals surface area contributed by atoms with Crippen LogP contribution in [0.2, 0.25) is 0 Å². The number of H-pyrrole nitrogens is 1. The maximum atomic E-state index is 13.8. The third kappa shape index (κ3) is 7.74. The van der Waals surface area contributed by atoms with E-state index in [1.165, 1.54) is 43.1 Å². The lowest BCUT2D eigenvalue weighted by molar-refractivity contribution is -0.116. The Morgan fingerprint density at radius 3 is 2.14 bits per heavy atom. The molecule has 43 heavy (non-hydrogen) atoms. The molecule has 2 aromatic heterocycles. The zero-order valence-electron chi connectivity index (χ0n) is 25.9. The molecule has 2 fully saturated rings. The summed E-state index contributed by atoms with van der Waals surface area (Å²) in [6, 6.07) is 7.72. The molecule has 2 heterocycles. The summed E-state index contributed by atoms with van der Waals surface area (Å²) in [6.07, 6.45) is 14.9. The highest BCUT2D eigenvalue weighted by molar-refractivity contribution is 5.91. The number of nitrogens with zero attached hydrogens (tertiary/aromatic N) is 4. The van der Waals surface area contributed by atoms with Crippen molar-refractivity contribution in [1.29, 1.82) is 0 Å². The number of benzene rings is 1. The van der Waals surface area contributed by atoms with Gasteiger partial charge in [0.15, 0.2) is 5.65 Å². The van der Waals surface area contributed by atoms with Gasteiger partial charge in [-0.1, -0.05) is 76.6 Å². The van der Waals surface area contributed by atoms with E-state index in [2.05, 4.69) is 29.0 Å². The van der Waals surface area contributed by atoms with E-state index >= 15 is 0 Å². The highest BCUT2D eigenvalue weighted by atomic mass is 16.2. The number of aromatic amines is 1. The lowest BCUT2D eigenvalue weighted by Gasteiger charge is -2.24. The fraction of sp³-hybridized carbons (Fsp3) is 0.588. The summed E-state index contributed by atoms with van der Waals surface area (Å²) in [7, 11) is 0. The van der Waals surface area contributed by atoms with Gasteiger partial charge < -0.3 is 15.2 Å². The Morgan fingerprint density at radius 2 is 1.53 bits per heavy atom. The van der Waals surface area contributed by atoms with Crippen molar-refractivity contribution in [1.82, 2.24) is 29.3 Å². The first kappa shape index (κ1) is 31.0. The van der Waals surface area contributed by atoms with Crippen molar-refractivity contribution in [2.24, 2.45) is 11.8 Å². The number of carbonyl (C=O) groups excluding carboxylic acids is 1. The van der Waals surface area contributed by atoms with Crippen molar-refractivity contribution in [2.75, 3.05) is 26.2 Å². The molecule has 0 radical (unpaired) electrons. The van der Waals surface area contributed by atoms with Gasteiger partial charge in [-0.05, 0) is 62.2 Å². The zero-order chi connectivity index (χ0) is 30.2. The Bertz CT molecular complexity index is 1500. The fourth-order valence-corrected chi connectivity index (χ4v) is 6.74. The normalized spacial score (nSPS) is 16.9. The number of imidazole rings is 1. The van der Waals surface area contributed by atoms with E-state index in [9.17, 15) is 14.4 Å². The second kappa shape index (κ2) is 14.8. The summed E-state index contributed by atoms with van der Waals surface area (Å²) >= 11 is 0. The van der Waals surface area contributed by atoms with Crippen molar-refractivity contribution < 1.29 is 4.79 Å². The molecule has 0 atom stereocenters. The Balaban J connectivity index is 1.37. The molecule has 0 aliphatic heterocycles. The van der Waals surface area contributed by atoms with E-state index in [4.69, 9.17) is 4.98 Å². The van der Waals surface area contributed by atoms with Crippen LogP contribution in [0, 0.1) is 11.8 Å². The zero-order valence-corrected chi connectivity index (χ0v) is 25.9. The Kier molecular flexibility index (Phi) is 10.7. The van der Waals surface area contributed by atoms with Crippen molar-refractivity contribution in [3.8, 4) is 11.4 Å². The topological polar surface area (TPSA) is 105 Å². The molecule has 0 saturated heterocycles. The van der Waals surface area contributed by atoms with E-state index in [1.807, 2.05) is 24.3 Å². The molecule has 5 rings (SSSR count). The first-order valence-corrected chi connectivity index (χ1v) is 16.5. The highest BCUT2D eigenvalue weighted by Gasteiger charge is 2.24. The fourth-order valence-electron chi connectivity index (χ4n) is 6.74. The minimum atomic E-state index is -0.268. The van der Waals surface area contributed by atoms with E-state index < -0.39 is 0 Å². The lowest BCUT2D eigenvalue weighted by atomic mass is 9.89. The van der Waals surface area contributed by atoms with Gasteiger partial charge >= 0.3 is 5.69 Å². The average molecular weight is 589 g/mol. The van der Waals surface area contributed by atoms with Gasteiger partial charge in [-0.25, -0.2) is 9.78 Å². The summed E-state index contributed by atoms with van der Waals surface area (Å²) in [6.45, 7) is 8.70. The van der Waals surface area contributed by atoms with Crippen molar-refractivity contribution in [2.45, 2.75) is 91.1 Å². The van der Waals surface area contributed by atoms with Crippen LogP contribution in [0.4, 0.5) is 0 Å². The Labute approximate surface area is 254 Å². The number of aromatic nitrogens is 4. The van der Waals surface area contributed by atoms with Gasteiger partial charge in [0.1, 0.15) is 11.3 Å². The molecule has 2 aliphatic rings. The third-order valence-electron chi connectivity index (χ3n) is 9.43. The standard InChI is InChI=1S/C34H48N6O3/c1-3-38(4-2)22-21-35-29(41)20-17-25-15-18-28(19-16-25)31-36-30-32(37-31)39(23-26-11-7-5-8-12-26)34(43)40(33(30)42)24-27-13-9-6-10-14-27/h15-20,26-27H,3-14,21-24H2,1-2H3,(H,35,41)(H,36,37)/b20-17+. The van der Waals surface area contributed by atoms with Crippen molar-refractivity contribution >= 4 is 23.1 Å². The number of nitrogens with one attached hydrogen (secondary N) is 2. The SMILES string of the molecule is CCN(CC)CCNC(=O)/C=C/c1ccc(-c2nc3c([nH]2)c(=O)n(CC2CCCCC2)c(=O)n3CC2CCCCC2)cc1. The minimum absolute atomic E-state index is 0.117. The molecule has 2 aliphatic carbocycles. The van der Waals surface area contributed by atoms with Crippen LogP contribution >= 0.6 is 0 Å².